The molecule has 1 aromatic carbocycles. The van der Waals surface area contributed by atoms with Gasteiger partial charge in [-0.25, -0.2) is 9.97 Å². The number of aromatic amines is 1. The van der Waals surface area contributed by atoms with Crippen molar-refractivity contribution in [3.05, 3.63) is 77.9 Å². The summed E-state index contributed by atoms with van der Waals surface area (Å²) in [6.45, 7) is 6.19. The molecule has 1 unspecified atom stereocenters. The molecule has 0 saturated carbocycles. The maximum absolute atomic E-state index is 4.98. The van der Waals surface area contributed by atoms with Crippen molar-refractivity contribution >= 4 is 11.0 Å². The Labute approximate surface area is 164 Å². The van der Waals surface area contributed by atoms with E-state index in [1.165, 1.54) is 16.8 Å². The van der Waals surface area contributed by atoms with Crippen LogP contribution in [0, 0.1) is 0 Å². The van der Waals surface area contributed by atoms with Gasteiger partial charge in [-0.05, 0) is 43.7 Å². The SMILES string of the molecule is CC(C)n1c(CN2CCc3[nH]cnc3C2c2ccncc2)nc2ccccc21. The second-order valence-electron chi connectivity index (χ2n) is 7.65. The Morgan fingerprint density at radius 3 is 2.79 bits per heavy atom. The molecule has 1 atom stereocenters. The highest BCUT2D eigenvalue weighted by atomic mass is 15.2. The third-order valence-electron chi connectivity index (χ3n) is 5.58. The fourth-order valence-electron chi connectivity index (χ4n) is 4.37. The fraction of sp³-hybridized carbons (Fsp3) is 0.318. The smallest absolute Gasteiger partial charge is 0.124 e. The number of rotatable bonds is 4. The molecule has 3 aromatic heterocycles. The van der Waals surface area contributed by atoms with Gasteiger partial charge in [-0.3, -0.25) is 9.88 Å². The van der Waals surface area contributed by atoms with Gasteiger partial charge in [0.05, 0.1) is 35.6 Å². The van der Waals surface area contributed by atoms with Crippen LogP contribution in [0.4, 0.5) is 0 Å². The molecule has 0 amide bonds. The van der Waals surface area contributed by atoms with Crippen molar-refractivity contribution in [2.45, 2.75) is 38.9 Å². The highest BCUT2D eigenvalue weighted by Crippen LogP contribution is 2.34. The monoisotopic (exact) mass is 372 g/mol. The van der Waals surface area contributed by atoms with E-state index < -0.39 is 0 Å². The number of para-hydroxylation sites is 2. The molecule has 4 aromatic rings. The largest absolute Gasteiger partial charge is 0.348 e. The van der Waals surface area contributed by atoms with Gasteiger partial charge in [0.15, 0.2) is 0 Å². The number of imidazole rings is 2. The lowest BCUT2D eigenvalue weighted by molar-refractivity contribution is 0.192. The highest BCUT2D eigenvalue weighted by molar-refractivity contribution is 5.76. The molecule has 0 fully saturated rings. The molecule has 0 saturated heterocycles. The van der Waals surface area contributed by atoms with Gasteiger partial charge in [0, 0.05) is 37.1 Å². The van der Waals surface area contributed by atoms with Gasteiger partial charge < -0.3 is 9.55 Å². The van der Waals surface area contributed by atoms with Crippen LogP contribution in [0.25, 0.3) is 11.0 Å². The van der Waals surface area contributed by atoms with Crippen molar-refractivity contribution in [1.29, 1.82) is 0 Å². The predicted octanol–water partition coefficient (Wildman–Crippen LogP) is 3.88. The van der Waals surface area contributed by atoms with Crippen molar-refractivity contribution in [3.8, 4) is 0 Å². The zero-order valence-electron chi connectivity index (χ0n) is 16.2. The van der Waals surface area contributed by atoms with Crippen LogP contribution in [0.1, 0.15) is 48.7 Å². The standard InChI is InChI=1S/C22H24N6/c1-15(2)28-19-6-4-3-5-17(19)26-20(28)13-27-12-9-18-21(25-14-24-18)22(27)16-7-10-23-11-8-16/h3-8,10-11,14-15,22H,9,12-13H2,1-2H3,(H,24,25). The molecule has 4 heterocycles. The summed E-state index contributed by atoms with van der Waals surface area (Å²) < 4.78 is 2.36. The van der Waals surface area contributed by atoms with Crippen LogP contribution in [0.3, 0.4) is 0 Å². The number of nitrogens with zero attached hydrogens (tertiary/aromatic N) is 5. The molecule has 0 aliphatic carbocycles. The second kappa shape index (κ2) is 6.87. The van der Waals surface area contributed by atoms with Crippen LogP contribution in [0.2, 0.25) is 0 Å². The van der Waals surface area contributed by atoms with Crippen molar-refractivity contribution in [2.75, 3.05) is 6.54 Å². The molecular formula is C22H24N6. The van der Waals surface area contributed by atoms with E-state index in [1.54, 1.807) is 0 Å². The molecule has 142 valence electrons. The van der Waals surface area contributed by atoms with Gasteiger partial charge in [-0.15, -0.1) is 0 Å². The van der Waals surface area contributed by atoms with E-state index in [0.717, 1.165) is 36.5 Å². The Bertz CT molecular complexity index is 1090. The number of nitrogens with one attached hydrogen (secondary N) is 1. The quantitative estimate of drug-likeness (QED) is 0.590. The third kappa shape index (κ3) is 2.81. The number of H-pyrrole nitrogens is 1. The minimum atomic E-state index is 0.110. The summed E-state index contributed by atoms with van der Waals surface area (Å²) in [5, 5.41) is 0. The van der Waals surface area contributed by atoms with Crippen molar-refractivity contribution in [2.24, 2.45) is 0 Å². The Hall–Kier alpha value is -2.99. The Morgan fingerprint density at radius 2 is 1.96 bits per heavy atom. The van der Waals surface area contributed by atoms with E-state index in [0.29, 0.717) is 6.04 Å². The summed E-state index contributed by atoms with van der Waals surface area (Å²) in [6.07, 6.45) is 6.50. The van der Waals surface area contributed by atoms with E-state index in [2.05, 4.69) is 74.7 Å². The van der Waals surface area contributed by atoms with Gasteiger partial charge in [0.1, 0.15) is 5.82 Å². The lowest BCUT2D eigenvalue weighted by Gasteiger charge is -2.35. The Kier molecular flexibility index (Phi) is 4.20. The van der Waals surface area contributed by atoms with Crippen LogP contribution in [-0.2, 0) is 13.0 Å². The maximum Gasteiger partial charge on any atom is 0.124 e. The van der Waals surface area contributed by atoms with Crippen molar-refractivity contribution in [1.82, 2.24) is 29.4 Å². The molecule has 28 heavy (non-hydrogen) atoms. The first-order valence-corrected chi connectivity index (χ1v) is 9.84. The molecule has 0 spiro atoms. The average Bonchev–Trinajstić information content (AvgIpc) is 3.32. The maximum atomic E-state index is 4.98. The summed E-state index contributed by atoms with van der Waals surface area (Å²) in [4.78, 5) is 19.6. The number of benzene rings is 1. The number of pyridine rings is 1. The van der Waals surface area contributed by atoms with E-state index in [-0.39, 0.29) is 6.04 Å². The highest BCUT2D eigenvalue weighted by Gasteiger charge is 2.32. The van der Waals surface area contributed by atoms with E-state index >= 15 is 0 Å². The van der Waals surface area contributed by atoms with Crippen molar-refractivity contribution in [3.63, 3.8) is 0 Å². The second-order valence-corrected chi connectivity index (χ2v) is 7.65. The first kappa shape index (κ1) is 17.1. The zero-order valence-corrected chi connectivity index (χ0v) is 16.2. The average molecular weight is 372 g/mol. The molecule has 1 N–H and O–H groups in total. The summed E-state index contributed by atoms with van der Waals surface area (Å²) >= 11 is 0. The third-order valence-corrected chi connectivity index (χ3v) is 5.58. The van der Waals surface area contributed by atoms with Gasteiger partial charge in [0.25, 0.3) is 0 Å². The molecule has 5 rings (SSSR count). The molecule has 1 aliphatic rings. The molecule has 1 aliphatic heterocycles. The topological polar surface area (TPSA) is 62.6 Å². The first-order chi connectivity index (χ1) is 13.7. The zero-order chi connectivity index (χ0) is 19.1. The van der Waals surface area contributed by atoms with E-state index in [4.69, 9.17) is 4.98 Å². The summed E-state index contributed by atoms with van der Waals surface area (Å²) in [5.41, 5.74) is 5.82. The molecule has 6 nitrogen and oxygen atoms in total. The normalized spacial score (nSPS) is 17.3. The van der Waals surface area contributed by atoms with Crippen LogP contribution in [0.15, 0.2) is 55.1 Å². The number of aromatic nitrogens is 5. The first-order valence-electron chi connectivity index (χ1n) is 9.84. The van der Waals surface area contributed by atoms with E-state index in [1.807, 2.05) is 18.7 Å². The molecule has 6 heteroatoms. The number of hydrogen-bond acceptors (Lipinski definition) is 4. The minimum Gasteiger partial charge on any atom is -0.348 e. The fourth-order valence-corrected chi connectivity index (χ4v) is 4.37. The molecule has 0 radical (unpaired) electrons. The Morgan fingerprint density at radius 1 is 1.14 bits per heavy atom. The van der Waals surface area contributed by atoms with Gasteiger partial charge in [0.2, 0.25) is 0 Å². The van der Waals surface area contributed by atoms with Gasteiger partial charge in [-0.1, -0.05) is 12.1 Å². The van der Waals surface area contributed by atoms with Crippen LogP contribution in [-0.4, -0.2) is 35.9 Å². The lowest BCUT2D eigenvalue weighted by atomic mass is 9.96. The van der Waals surface area contributed by atoms with Gasteiger partial charge in [-0.2, -0.15) is 0 Å². The summed E-state index contributed by atoms with van der Waals surface area (Å²) in [6, 6.07) is 13.0. The minimum absolute atomic E-state index is 0.110. The summed E-state index contributed by atoms with van der Waals surface area (Å²) in [5.74, 6) is 1.11. The van der Waals surface area contributed by atoms with Crippen LogP contribution < -0.4 is 0 Å². The summed E-state index contributed by atoms with van der Waals surface area (Å²) in [7, 11) is 0. The Balaban J connectivity index is 1.58. The lowest BCUT2D eigenvalue weighted by Crippen LogP contribution is -2.36. The number of hydrogen-bond donors (Lipinski definition) is 1. The van der Waals surface area contributed by atoms with Crippen molar-refractivity contribution < 1.29 is 0 Å². The molecule has 0 bridgehead atoms. The van der Waals surface area contributed by atoms with Crippen LogP contribution in [0.5, 0.6) is 0 Å². The predicted molar refractivity (Wildman–Crippen MR) is 109 cm³/mol. The van der Waals surface area contributed by atoms with Gasteiger partial charge >= 0.3 is 0 Å². The van der Waals surface area contributed by atoms with E-state index in [9.17, 15) is 0 Å². The molecular weight excluding hydrogens is 348 g/mol. The number of fused-ring (bicyclic) bond motifs is 2. The van der Waals surface area contributed by atoms with Crippen LogP contribution >= 0.6 is 0 Å².